The van der Waals surface area contributed by atoms with E-state index >= 15 is 0 Å². The molecule has 1 aromatic carbocycles. The summed E-state index contributed by atoms with van der Waals surface area (Å²) in [4.78, 5) is 0. The van der Waals surface area contributed by atoms with Gasteiger partial charge in [-0.15, -0.1) is 10.2 Å². The van der Waals surface area contributed by atoms with Crippen molar-refractivity contribution in [1.82, 2.24) is 10.2 Å². The summed E-state index contributed by atoms with van der Waals surface area (Å²) in [6.07, 6.45) is 0. The highest BCUT2D eigenvalue weighted by Gasteiger charge is 2.14. The number of aromatic nitrogens is 2. The van der Waals surface area contributed by atoms with Crippen molar-refractivity contribution < 1.29 is 9.47 Å². The number of hydrogen-bond donors (Lipinski definition) is 0. The first-order valence-corrected chi connectivity index (χ1v) is 6.08. The molecule has 0 radical (unpaired) electrons. The number of nitrogens with zero attached hydrogens (tertiary/aromatic N) is 2. The molecule has 18 heavy (non-hydrogen) atoms. The van der Waals surface area contributed by atoms with Gasteiger partial charge < -0.3 is 9.47 Å². The lowest BCUT2D eigenvalue weighted by molar-refractivity contribution is 0.171. The highest BCUT2D eigenvalue weighted by molar-refractivity contribution is 6.33. The molecule has 0 unspecified atom stereocenters. The number of ether oxygens (including phenoxy) is 2. The van der Waals surface area contributed by atoms with E-state index in [2.05, 4.69) is 10.2 Å². The van der Waals surface area contributed by atoms with Crippen LogP contribution in [-0.2, 0) is 0 Å². The molecule has 1 aromatic heterocycles. The summed E-state index contributed by atoms with van der Waals surface area (Å²) < 4.78 is 11.0. The third-order valence-electron chi connectivity index (χ3n) is 2.57. The SMILES string of the molecule is Clc1cc(-c2ccc3c(c2)OCCO3)c(Cl)nn1. The third-order valence-corrected chi connectivity index (χ3v) is 3.04. The number of halogens is 2. The number of hydrogen-bond acceptors (Lipinski definition) is 4. The van der Waals surface area contributed by atoms with Crippen molar-refractivity contribution in [2.24, 2.45) is 0 Å². The maximum atomic E-state index is 6.01. The fourth-order valence-corrected chi connectivity index (χ4v) is 2.11. The molecule has 3 rings (SSSR count). The van der Waals surface area contributed by atoms with Crippen LogP contribution < -0.4 is 9.47 Å². The van der Waals surface area contributed by atoms with Gasteiger partial charge in [0.05, 0.1) is 0 Å². The molecule has 0 amide bonds. The first kappa shape index (κ1) is 11.6. The smallest absolute Gasteiger partial charge is 0.161 e. The molecule has 0 aliphatic carbocycles. The van der Waals surface area contributed by atoms with E-state index in [0.717, 1.165) is 11.3 Å². The van der Waals surface area contributed by atoms with Gasteiger partial charge in [-0.1, -0.05) is 29.3 Å². The van der Waals surface area contributed by atoms with Gasteiger partial charge in [0, 0.05) is 5.56 Å². The Kier molecular flexibility index (Phi) is 2.97. The van der Waals surface area contributed by atoms with Crippen molar-refractivity contribution >= 4 is 23.2 Å². The van der Waals surface area contributed by atoms with Crippen LogP contribution in [0.1, 0.15) is 0 Å². The predicted octanol–water partition coefficient (Wildman–Crippen LogP) is 3.22. The average molecular weight is 283 g/mol. The highest BCUT2D eigenvalue weighted by atomic mass is 35.5. The largest absolute Gasteiger partial charge is 0.486 e. The fourth-order valence-electron chi connectivity index (χ4n) is 1.77. The van der Waals surface area contributed by atoms with E-state index < -0.39 is 0 Å². The molecular formula is C12H8Cl2N2O2. The maximum Gasteiger partial charge on any atom is 0.161 e. The van der Waals surface area contributed by atoms with E-state index in [1.54, 1.807) is 6.07 Å². The van der Waals surface area contributed by atoms with Crippen LogP contribution in [0.15, 0.2) is 24.3 Å². The Morgan fingerprint density at radius 2 is 1.72 bits per heavy atom. The summed E-state index contributed by atoms with van der Waals surface area (Å²) in [6, 6.07) is 7.25. The Hall–Kier alpha value is -1.52. The van der Waals surface area contributed by atoms with Gasteiger partial charge in [-0.3, -0.25) is 0 Å². The Morgan fingerprint density at radius 1 is 0.944 bits per heavy atom. The summed E-state index contributed by atoms with van der Waals surface area (Å²) in [6.45, 7) is 1.11. The van der Waals surface area contributed by atoms with Gasteiger partial charge in [0.25, 0.3) is 0 Å². The minimum absolute atomic E-state index is 0.296. The molecule has 6 heteroatoms. The molecule has 92 valence electrons. The number of rotatable bonds is 1. The van der Waals surface area contributed by atoms with Crippen LogP contribution in [0.2, 0.25) is 10.3 Å². The normalized spacial score (nSPS) is 13.4. The average Bonchev–Trinajstić information content (AvgIpc) is 2.41. The molecule has 0 saturated carbocycles. The van der Waals surface area contributed by atoms with Gasteiger partial charge in [0.1, 0.15) is 13.2 Å². The lowest BCUT2D eigenvalue weighted by Gasteiger charge is -2.19. The summed E-state index contributed by atoms with van der Waals surface area (Å²) in [5, 5.41) is 8.06. The molecule has 0 atom stereocenters. The Morgan fingerprint density at radius 3 is 2.56 bits per heavy atom. The Balaban J connectivity index is 2.09. The van der Waals surface area contributed by atoms with E-state index in [0.29, 0.717) is 34.8 Å². The van der Waals surface area contributed by atoms with E-state index in [4.69, 9.17) is 32.7 Å². The molecule has 0 fully saturated rings. The summed E-state index contributed by atoms with van der Waals surface area (Å²) in [7, 11) is 0. The van der Waals surface area contributed by atoms with E-state index in [-0.39, 0.29) is 0 Å². The minimum Gasteiger partial charge on any atom is -0.486 e. The maximum absolute atomic E-state index is 6.01. The van der Waals surface area contributed by atoms with Crippen LogP contribution in [-0.4, -0.2) is 23.4 Å². The second kappa shape index (κ2) is 4.63. The highest BCUT2D eigenvalue weighted by Crippen LogP contribution is 2.36. The molecule has 0 N–H and O–H groups in total. The predicted molar refractivity (Wildman–Crippen MR) is 68.5 cm³/mol. The molecule has 4 nitrogen and oxygen atoms in total. The van der Waals surface area contributed by atoms with E-state index in [9.17, 15) is 0 Å². The second-order valence-corrected chi connectivity index (χ2v) is 4.48. The summed E-state index contributed by atoms with van der Waals surface area (Å²) in [5.41, 5.74) is 1.58. The first-order valence-electron chi connectivity index (χ1n) is 5.33. The van der Waals surface area contributed by atoms with Crippen molar-refractivity contribution in [2.45, 2.75) is 0 Å². The van der Waals surface area contributed by atoms with Gasteiger partial charge in [-0.2, -0.15) is 0 Å². The molecule has 0 spiro atoms. The zero-order valence-electron chi connectivity index (χ0n) is 9.19. The Labute approximate surface area is 113 Å². The van der Waals surface area contributed by atoms with Crippen molar-refractivity contribution in [3.63, 3.8) is 0 Å². The van der Waals surface area contributed by atoms with Crippen LogP contribution >= 0.6 is 23.2 Å². The quantitative estimate of drug-likeness (QED) is 0.806. The Bertz CT molecular complexity index is 605. The van der Waals surface area contributed by atoms with Gasteiger partial charge in [0.2, 0.25) is 0 Å². The lowest BCUT2D eigenvalue weighted by Crippen LogP contribution is -2.15. The standard InChI is InChI=1S/C12H8Cl2N2O2/c13-11-6-8(12(14)16-15-11)7-1-2-9-10(5-7)18-4-3-17-9/h1-2,5-6H,3-4H2. The monoisotopic (exact) mass is 282 g/mol. The van der Waals surface area contributed by atoms with Crippen molar-refractivity contribution in [1.29, 1.82) is 0 Å². The van der Waals surface area contributed by atoms with Crippen LogP contribution in [0.5, 0.6) is 11.5 Å². The number of fused-ring (bicyclic) bond motifs is 1. The van der Waals surface area contributed by atoms with Crippen molar-refractivity contribution in [3.8, 4) is 22.6 Å². The van der Waals surface area contributed by atoms with Gasteiger partial charge in [-0.05, 0) is 23.8 Å². The van der Waals surface area contributed by atoms with Crippen molar-refractivity contribution in [2.75, 3.05) is 13.2 Å². The number of benzene rings is 1. The topological polar surface area (TPSA) is 44.2 Å². The second-order valence-electron chi connectivity index (χ2n) is 3.73. The van der Waals surface area contributed by atoms with Crippen LogP contribution in [0.3, 0.4) is 0 Å². The van der Waals surface area contributed by atoms with Crippen LogP contribution in [0, 0.1) is 0 Å². The van der Waals surface area contributed by atoms with Crippen LogP contribution in [0.4, 0.5) is 0 Å². The molecule has 0 saturated heterocycles. The lowest BCUT2D eigenvalue weighted by atomic mass is 10.1. The van der Waals surface area contributed by atoms with Crippen molar-refractivity contribution in [3.05, 3.63) is 34.6 Å². The molecule has 2 heterocycles. The van der Waals surface area contributed by atoms with Gasteiger partial charge in [-0.25, -0.2) is 0 Å². The first-order chi connectivity index (χ1) is 8.74. The molecule has 2 aromatic rings. The molecule has 1 aliphatic rings. The fraction of sp³-hybridized carbons (Fsp3) is 0.167. The molecule has 0 bridgehead atoms. The zero-order valence-corrected chi connectivity index (χ0v) is 10.7. The van der Waals surface area contributed by atoms with E-state index in [1.807, 2.05) is 18.2 Å². The summed E-state index contributed by atoms with van der Waals surface area (Å²) >= 11 is 11.8. The summed E-state index contributed by atoms with van der Waals surface area (Å²) in [5.74, 6) is 1.43. The van der Waals surface area contributed by atoms with Gasteiger partial charge >= 0.3 is 0 Å². The zero-order chi connectivity index (χ0) is 12.5. The van der Waals surface area contributed by atoms with Gasteiger partial charge in [0.15, 0.2) is 21.8 Å². The van der Waals surface area contributed by atoms with E-state index in [1.165, 1.54) is 0 Å². The third kappa shape index (κ3) is 2.09. The van der Waals surface area contributed by atoms with Crippen LogP contribution in [0.25, 0.3) is 11.1 Å². The minimum atomic E-state index is 0.296. The molecular weight excluding hydrogens is 275 g/mol. The molecule has 1 aliphatic heterocycles.